The smallest absolute Gasteiger partial charge is 0.123 e. The van der Waals surface area contributed by atoms with Gasteiger partial charge in [0.1, 0.15) is 17.6 Å². The highest BCUT2D eigenvalue weighted by Gasteiger charge is 2.21. The SMILES string of the molecule is COc1ccc(CCNCC2Cc3ccccc3O2)cc1. The summed E-state index contributed by atoms with van der Waals surface area (Å²) < 4.78 is 11.1. The van der Waals surface area contributed by atoms with Gasteiger partial charge >= 0.3 is 0 Å². The largest absolute Gasteiger partial charge is 0.497 e. The molecule has 0 saturated heterocycles. The fourth-order valence-electron chi connectivity index (χ4n) is 2.66. The Balaban J connectivity index is 1.39. The molecular formula is C18H21NO2. The molecule has 1 N–H and O–H groups in total. The van der Waals surface area contributed by atoms with E-state index in [9.17, 15) is 0 Å². The third-order valence-corrected chi connectivity index (χ3v) is 3.84. The predicted molar refractivity (Wildman–Crippen MR) is 84.1 cm³/mol. The molecule has 1 heterocycles. The molecule has 110 valence electrons. The zero-order valence-corrected chi connectivity index (χ0v) is 12.3. The Morgan fingerprint density at radius 3 is 2.71 bits per heavy atom. The molecule has 0 amide bonds. The molecule has 2 aromatic carbocycles. The van der Waals surface area contributed by atoms with Gasteiger partial charge in [0.2, 0.25) is 0 Å². The van der Waals surface area contributed by atoms with E-state index in [2.05, 4.69) is 29.6 Å². The second-order valence-electron chi connectivity index (χ2n) is 5.35. The monoisotopic (exact) mass is 283 g/mol. The lowest BCUT2D eigenvalue weighted by atomic mass is 10.1. The molecule has 21 heavy (non-hydrogen) atoms. The van der Waals surface area contributed by atoms with E-state index in [4.69, 9.17) is 9.47 Å². The summed E-state index contributed by atoms with van der Waals surface area (Å²) in [5.41, 5.74) is 2.64. The summed E-state index contributed by atoms with van der Waals surface area (Å²) in [7, 11) is 1.69. The molecule has 0 bridgehead atoms. The minimum atomic E-state index is 0.262. The van der Waals surface area contributed by atoms with Crippen LogP contribution >= 0.6 is 0 Å². The lowest BCUT2D eigenvalue weighted by Gasteiger charge is -2.12. The Kier molecular flexibility index (Phi) is 4.41. The average molecular weight is 283 g/mol. The maximum atomic E-state index is 5.91. The van der Waals surface area contributed by atoms with Crippen LogP contribution in [0.3, 0.4) is 0 Å². The van der Waals surface area contributed by atoms with E-state index >= 15 is 0 Å². The molecular weight excluding hydrogens is 262 g/mol. The average Bonchev–Trinajstić information content (AvgIpc) is 2.95. The van der Waals surface area contributed by atoms with Gasteiger partial charge < -0.3 is 14.8 Å². The Morgan fingerprint density at radius 2 is 1.95 bits per heavy atom. The number of rotatable bonds is 6. The van der Waals surface area contributed by atoms with Crippen molar-refractivity contribution in [3.8, 4) is 11.5 Å². The van der Waals surface area contributed by atoms with Crippen molar-refractivity contribution in [3.63, 3.8) is 0 Å². The van der Waals surface area contributed by atoms with Gasteiger partial charge in [-0.05, 0) is 42.3 Å². The zero-order chi connectivity index (χ0) is 14.5. The fraction of sp³-hybridized carbons (Fsp3) is 0.333. The molecule has 1 atom stereocenters. The van der Waals surface area contributed by atoms with E-state index in [-0.39, 0.29) is 6.10 Å². The number of ether oxygens (including phenoxy) is 2. The Morgan fingerprint density at radius 1 is 1.14 bits per heavy atom. The van der Waals surface area contributed by atoms with Gasteiger partial charge in [-0.1, -0.05) is 30.3 Å². The highest BCUT2D eigenvalue weighted by atomic mass is 16.5. The standard InChI is InChI=1S/C18H21NO2/c1-20-16-8-6-14(7-9-16)10-11-19-13-17-12-15-4-2-3-5-18(15)21-17/h2-9,17,19H,10-13H2,1H3. The first-order valence-electron chi connectivity index (χ1n) is 7.43. The van der Waals surface area contributed by atoms with Crippen molar-refractivity contribution in [1.29, 1.82) is 0 Å². The molecule has 1 aliphatic heterocycles. The lowest BCUT2D eigenvalue weighted by molar-refractivity contribution is 0.228. The predicted octanol–water partition coefficient (Wildman–Crippen LogP) is 2.83. The molecule has 1 unspecified atom stereocenters. The van der Waals surface area contributed by atoms with Crippen LogP contribution in [0.15, 0.2) is 48.5 Å². The first-order valence-corrected chi connectivity index (χ1v) is 7.43. The zero-order valence-electron chi connectivity index (χ0n) is 12.3. The molecule has 2 aromatic rings. The number of fused-ring (bicyclic) bond motifs is 1. The van der Waals surface area contributed by atoms with E-state index in [1.165, 1.54) is 11.1 Å². The van der Waals surface area contributed by atoms with Crippen LogP contribution < -0.4 is 14.8 Å². The van der Waals surface area contributed by atoms with Crippen molar-refractivity contribution in [2.75, 3.05) is 20.2 Å². The van der Waals surface area contributed by atoms with Crippen molar-refractivity contribution in [3.05, 3.63) is 59.7 Å². The van der Waals surface area contributed by atoms with E-state index in [1.807, 2.05) is 24.3 Å². The second kappa shape index (κ2) is 6.64. The minimum Gasteiger partial charge on any atom is -0.497 e. The molecule has 3 heteroatoms. The van der Waals surface area contributed by atoms with Gasteiger partial charge in [0.15, 0.2) is 0 Å². The van der Waals surface area contributed by atoms with Gasteiger partial charge in [-0.3, -0.25) is 0 Å². The Bertz CT molecular complexity index is 555. The van der Waals surface area contributed by atoms with Gasteiger partial charge in [-0.2, -0.15) is 0 Å². The van der Waals surface area contributed by atoms with Crippen LogP contribution in [0.4, 0.5) is 0 Å². The molecule has 0 spiro atoms. The van der Waals surface area contributed by atoms with Crippen LogP contribution in [-0.2, 0) is 12.8 Å². The third-order valence-electron chi connectivity index (χ3n) is 3.84. The summed E-state index contributed by atoms with van der Waals surface area (Å²) in [6.07, 6.45) is 2.29. The van der Waals surface area contributed by atoms with Crippen molar-refractivity contribution < 1.29 is 9.47 Å². The van der Waals surface area contributed by atoms with Crippen molar-refractivity contribution in [2.45, 2.75) is 18.9 Å². The quantitative estimate of drug-likeness (QED) is 0.827. The van der Waals surface area contributed by atoms with Gasteiger partial charge in [-0.25, -0.2) is 0 Å². The summed E-state index contributed by atoms with van der Waals surface area (Å²) >= 11 is 0. The van der Waals surface area contributed by atoms with Crippen LogP contribution in [0.1, 0.15) is 11.1 Å². The fourth-order valence-corrected chi connectivity index (χ4v) is 2.66. The summed E-state index contributed by atoms with van der Waals surface area (Å²) in [4.78, 5) is 0. The van der Waals surface area contributed by atoms with Crippen LogP contribution in [0.5, 0.6) is 11.5 Å². The molecule has 0 saturated carbocycles. The van der Waals surface area contributed by atoms with E-state index in [0.29, 0.717) is 0 Å². The van der Waals surface area contributed by atoms with E-state index in [0.717, 1.165) is 37.4 Å². The molecule has 3 rings (SSSR count). The number of hydrogen-bond acceptors (Lipinski definition) is 3. The Labute approximate surface area is 125 Å². The summed E-state index contributed by atoms with van der Waals surface area (Å²) in [5.74, 6) is 1.95. The molecule has 0 aromatic heterocycles. The van der Waals surface area contributed by atoms with Crippen molar-refractivity contribution in [2.24, 2.45) is 0 Å². The van der Waals surface area contributed by atoms with Crippen LogP contribution in [0.2, 0.25) is 0 Å². The minimum absolute atomic E-state index is 0.262. The Hall–Kier alpha value is -2.00. The summed E-state index contributed by atoms with van der Waals surface area (Å²) in [6.45, 7) is 1.85. The molecule has 3 nitrogen and oxygen atoms in total. The van der Waals surface area contributed by atoms with Gasteiger partial charge in [0, 0.05) is 13.0 Å². The molecule has 0 radical (unpaired) electrons. The van der Waals surface area contributed by atoms with Gasteiger partial charge in [0.25, 0.3) is 0 Å². The van der Waals surface area contributed by atoms with Crippen LogP contribution in [-0.4, -0.2) is 26.3 Å². The first kappa shape index (κ1) is 14.0. The summed E-state index contributed by atoms with van der Waals surface area (Å²) in [5, 5.41) is 3.48. The molecule has 0 aliphatic carbocycles. The highest BCUT2D eigenvalue weighted by molar-refractivity contribution is 5.37. The van der Waals surface area contributed by atoms with Gasteiger partial charge in [-0.15, -0.1) is 0 Å². The number of benzene rings is 2. The maximum Gasteiger partial charge on any atom is 0.123 e. The number of para-hydroxylation sites is 1. The lowest BCUT2D eigenvalue weighted by Crippen LogP contribution is -2.31. The number of methoxy groups -OCH3 is 1. The van der Waals surface area contributed by atoms with E-state index < -0.39 is 0 Å². The van der Waals surface area contributed by atoms with Crippen molar-refractivity contribution in [1.82, 2.24) is 5.32 Å². The van der Waals surface area contributed by atoms with Crippen molar-refractivity contribution >= 4 is 0 Å². The molecule has 1 aliphatic rings. The highest BCUT2D eigenvalue weighted by Crippen LogP contribution is 2.27. The topological polar surface area (TPSA) is 30.5 Å². The number of nitrogens with one attached hydrogen (secondary N) is 1. The normalized spacial score (nSPS) is 16.3. The van der Waals surface area contributed by atoms with Crippen LogP contribution in [0, 0.1) is 0 Å². The molecule has 0 fully saturated rings. The van der Waals surface area contributed by atoms with Crippen LogP contribution in [0.25, 0.3) is 0 Å². The summed E-state index contributed by atoms with van der Waals surface area (Å²) in [6, 6.07) is 16.5. The van der Waals surface area contributed by atoms with E-state index in [1.54, 1.807) is 7.11 Å². The number of hydrogen-bond donors (Lipinski definition) is 1. The first-order chi connectivity index (χ1) is 10.3. The third kappa shape index (κ3) is 3.56. The maximum absolute atomic E-state index is 5.91. The second-order valence-corrected chi connectivity index (χ2v) is 5.35. The van der Waals surface area contributed by atoms with Gasteiger partial charge in [0.05, 0.1) is 7.11 Å².